The minimum absolute atomic E-state index is 0.0988. The zero-order valence-electron chi connectivity index (χ0n) is 13.9. The van der Waals surface area contributed by atoms with Crippen molar-refractivity contribution in [1.82, 2.24) is 15.1 Å². The molecule has 24 heavy (non-hydrogen) atoms. The number of rotatable bonds is 4. The van der Waals surface area contributed by atoms with E-state index in [1.165, 1.54) is 17.5 Å². The van der Waals surface area contributed by atoms with E-state index in [1.807, 2.05) is 0 Å². The lowest BCUT2D eigenvalue weighted by Crippen LogP contribution is -2.39. The van der Waals surface area contributed by atoms with E-state index in [0.717, 1.165) is 44.6 Å². The van der Waals surface area contributed by atoms with Gasteiger partial charge in [-0.1, -0.05) is 25.7 Å². The molecule has 1 N–H and O–H groups in total. The first-order chi connectivity index (χ1) is 11.4. The Morgan fingerprint density at radius 2 is 1.83 bits per heavy atom. The Kier molecular flexibility index (Phi) is 4.88. The minimum atomic E-state index is -4.48. The molecule has 0 spiro atoms. The number of hydrogen-bond donors (Lipinski definition) is 1. The molecule has 0 saturated heterocycles. The van der Waals surface area contributed by atoms with Crippen molar-refractivity contribution in [3.05, 3.63) is 17.5 Å². The van der Waals surface area contributed by atoms with Gasteiger partial charge in [0.05, 0.1) is 0 Å². The van der Waals surface area contributed by atoms with Crippen LogP contribution in [0.2, 0.25) is 0 Å². The molecule has 1 aromatic heterocycles. The Morgan fingerprint density at radius 1 is 1.21 bits per heavy atom. The Labute approximate surface area is 139 Å². The Balaban J connectivity index is 1.74. The highest BCUT2D eigenvalue weighted by molar-refractivity contribution is 5.80. The third-order valence-electron chi connectivity index (χ3n) is 5.00. The van der Waals surface area contributed by atoms with Crippen molar-refractivity contribution < 1.29 is 18.0 Å². The number of alkyl halides is 3. The minimum Gasteiger partial charge on any atom is -0.352 e. The summed E-state index contributed by atoms with van der Waals surface area (Å²) in [6.07, 6.45) is 3.68. The van der Waals surface area contributed by atoms with Crippen LogP contribution >= 0.6 is 0 Å². The van der Waals surface area contributed by atoms with Crippen LogP contribution < -0.4 is 5.32 Å². The SMILES string of the molecule is CC(C(=O)NC1CCCCCC1)n1nc(C(F)(F)F)cc1C1CC1. The van der Waals surface area contributed by atoms with Gasteiger partial charge >= 0.3 is 6.18 Å². The molecule has 2 fully saturated rings. The number of hydrogen-bond acceptors (Lipinski definition) is 2. The van der Waals surface area contributed by atoms with Gasteiger partial charge in [0.15, 0.2) is 5.69 Å². The highest BCUT2D eigenvalue weighted by Gasteiger charge is 2.39. The predicted molar refractivity (Wildman–Crippen MR) is 83.5 cm³/mol. The van der Waals surface area contributed by atoms with Crippen molar-refractivity contribution in [1.29, 1.82) is 0 Å². The van der Waals surface area contributed by atoms with Crippen LogP contribution in [-0.4, -0.2) is 21.7 Å². The fourth-order valence-electron chi connectivity index (χ4n) is 3.40. The normalized spacial score (nSPS) is 21.3. The van der Waals surface area contributed by atoms with Crippen LogP contribution in [0.1, 0.15) is 81.6 Å². The van der Waals surface area contributed by atoms with Gasteiger partial charge < -0.3 is 5.32 Å². The molecule has 7 heteroatoms. The second-order valence-electron chi connectivity index (χ2n) is 7.04. The summed E-state index contributed by atoms with van der Waals surface area (Å²) < 4.78 is 40.2. The number of amides is 1. The van der Waals surface area contributed by atoms with Crippen LogP contribution in [0.4, 0.5) is 13.2 Å². The summed E-state index contributed by atoms with van der Waals surface area (Å²) in [5.41, 5.74) is -0.371. The molecule has 2 aliphatic carbocycles. The maximum absolute atomic E-state index is 13.0. The molecule has 1 amide bonds. The van der Waals surface area contributed by atoms with Crippen molar-refractivity contribution in [3.8, 4) is 0 Å². The van der Waals surface area contributed by atoms with Crippen LogP contribution in [0.15, 0.2) is 6.07 Å². The molecule has 1 unspecified atom stereocenters. The van der Waals surface area contributed by atoms with E-state index in [9.17, 15) is 18.0 Å². The molecule has 1 aromatic rings. The molecule has 1 atom stereocenters. The number of carbonyl (C=O) groups excluding carboxylic acids is 1. The highest BCUT2D eigenvalue weighted by atomic mass is 19.4. The first-order valence-electron chi connectivity index (χ1n) is 8.83. The van der Waals surface area contributed by atoms with Gasteiger partial charge in [0.2, 0.25) is 5.91 Å². The highest BCUT2D eigenvalue weighted by Crippen LogP contribution is 2.43. The Hall–Kier alpha value is -1.53. The standard InChI is InChI=1S/C17H24F3N3O/c1-11(16(24)21-13-6-4-2-3-5-7-13)23-14(12-8-9-12)10-15(22-23)17(18,19)20/h10-13H,2-9H2,1H3,(H,21,24). The van der Waals surface area contributed by atoms with Gasteiger partial charge in [-0.05, 0) is 38.7 Å². The quantitative estimate of drug-likeness (QED) is 0.834. The first kappa shape index (κ1) is 17.3. The summed E-state index contributed by atoms with van der Waals surface area (Å²) in [6.45, 7) is 1.63. The summed E-state index contributed by atoms with van der Waals surface area (Å²) in [7, 11) is 0. The molecule has 1 heterocycles. The molecule has 134 valence electrons. The van der Waals surface area contributed by atoms with Gasteiger partial charge in [-0.15, -0.1) is 0 Å². The van der Waals surface area contributed by atoms with Crippen LogP contribution in [0.3, 0.4) is 0 Å². The topological polar surface area (TPSA) is 46.9 Å². The van der Waals surface area contributed by atoms with Crippen LogP contribution in [0.25, 0.3) is 0 Å². The molecule has 0 bridgehead atoms. The Morgan fingerprint density at radius 3 is 2.38 bits per heavy atom. The van der Waals surface area contributed by atoms with E-state index in [4.69, 9.17) is 0 Å². The first-order valence-corrected chi connectivity index (χ1v) is 8.83. The van der Waals surface area contributed by atoms with Gasteiger partial charge in [-0.3, -0.25) is 9.48 Å². The molecule has 0 radical (unpaired) electrons. The van der Waals surface area contributed by atoms with Crippen molar-refractivity contribution in [2.45, 2.75) is 82.5 Å². The molecule has 0 aromatic carbocycles. The number of halogens is 3. The number of carbonyl (C=O) groups is 1. The second-order valence-corrected chi connectivity index (χ2v) is 7.04. The number of aromatic nitrogens is 2. The van der Waals surface area contributed by atoms with E-state index in [2.05, 4.69) is 10.4 Å². The third kappa shape index (κ3) is 3.92. The fourth-order valence-corrected chi connectivity index (χ4v) is 3.40. The lowest BCUT2D eigenvalue weighted by atomic mass is 10.1. The van der Waals surface area contributed by atoms with E-state index >= 15 is 0 Å². The number of nitrogens with one attached hydrogen (secondary N) is 1. The zero-order chi connectivity index (χ0) is 17.3. The van der Waals surface area contributed by atoms with Gasteiger partial charge in [-0.2, -0.15) is 18.3 Å². The average molecular weight is 343 g/mol. The maximum atomic E-state index is 13.0. The average Bonchev–Trinajstić information content (AvgIpc) is 3.30. The van der Waals surface area contributed by atoms with Gasteiger partial charge in [-0.25, -0.2) is 0 Å². The van der Waals surface area contributed by atoms with Gasteiger partial charge in [0.1, 0.15) is 6.04 Å². The van der Waals surface area contributed by atoms with Gasteiger partial charge in [0, 0.05) is 17.7 Å². The fraction of sp³-hybridized carbons (Fsp3) is 0.765. The third-order valence-corrected chi connectivity index (χ3v) is 5.00. The molecular weight excluding hydrogens is 319 g/mol. The lowest BCUT2D eigenvalue weighted by Gasteiger charge is -2.21. The largest absolute Gasteiger partial charge is 0.435 e. The van der Waals surface area contributed by atoms with Crippen LogP contribution in [0, 0.1) is 0 Å². The van der Waals surface area contributed by atoms with Crippen molar-refractivity contribution in [2.75, 3.05) is 0 Å². The van der Waals surface area contributed by atoms with E-state index in [1.54, 1.807) is 6.92 Å². The maximum Gasteiger partial charge on any atom is 0.435 e. The molecular formula is C17H24F3N3O. The van der Waals surface area contributed by atoms with Crippen molar-refractivity contribution in [3.63, 3.8) is 0 Å². The molecule has 0 aliphatic heterocycles. The molecule has 2 saturated carbocycles. The summed E-state index contributed by atoms with van der Waals surface area (Å²) in [4.78, 5) is 12.5. The van der Waals surface area contributed by atoms with E-state index in [0.29, 0.717) is 5.69 Å². The van der Waals surface area contributed by atoms with Crippen molar-refractivity contribution >= 4 is 5.91 Å². The summed E-state index contributed by atoms with van der Waals surface area (Å²) in [5.74, 6) is -0.137. The molecule has 4 nitrogen and oxygen atoms in total. The molecule has 3 rings (SSSR count). The summed E-state index contributed by atoms with van der Waals surface area (Å²) in [6, 6.07) is 0.511. The van der Waals surface area contributed by atoms with Crippen LogP contribution in [0.5, 0.6) is 0 Å². The molecule has 2 aliphatic rings. The van der Waals surface area contributed by atoms with Gasteiger partial charge in [0.25, 0.3) is 0 Å². The summed E-state index contributed by atoms with van der Waals surface area (Å²) >= 11 is 0. The van der Waals surface area contributed by atoms with Crippen molar-refractivity contribution in [2.24, 2.45) is 0 Å². The summed E-state index contributed by atoms with van der Waals surface area (Å²) in [5, 5.41) is 6.72. The van der Waals surface area contributed by atoms with E-state index < -0.39 is 17.9 Å². The number of nitrogens with zero attached hydrogens (tertiary/aromatic N) is 2. The smallest absolute Gasteiger partial charge is 0.352 e. The zero-order valence-corrected chi connectivity index (χ0v) is 13.9. The van der Waals surface area contributed by atoms with Crippen LogP contribution in [-0.2, 0) is 11.0 Å². The second kappa shape index (κ2) is 6.76. The Bertz CT molecular complexity index is 584. The monoisotopic (exact) mass is 343 g/mol. The predicted octanol–water partition coefficient (Wildman–Crippen LogP) is 4.18. The lowest BCUT2D eigenvalue weighted by molar-refractivity contribution is -0.142. The van der Waals surface area contributed by atoms with E-state index in [-0.39, 0.29) is 17.9 Å².